The van der Waals surface area contributed by atoms with Crippen LogP contribution < -0.4 is 4.74 Å². The fourth-order valence-electron chi connectivity index (χ4n) is 1.72. The summed E-state index contributed by atoms with van der Waals surface area (Å²) in [5.74, 6) is 0.489. The number of benzene rings is 1. The van der Waals surface area contributed by atoms with E-state index in [9.17, 15) is 4.79 Å². The predicted molar refractivity (Wildman–Crippen MR) is 77.8 cm³/mol. The number of ether oxygens (including phenoxy) is 2. The normalized spacial score (nSPS) is 13.5. The second-order valence-corrected chi connectivity index (χ2v) is 5.20. The first-order valence-corrected chi connectivity index (χ1v) is 7.39. The van der Waals surface area contributed by atoms with E-state index in [1.165, 1.54) is 11.3 Å². The first kappa shape index (κ1) is 14.5. The van der Waals surface area contributed by atoms with Crippen LogP contribution in [-0.2, 0) is 9.53 Å². The van der Waals surface area contributed by atoms with E-state index >= 15 is 0 Å². The summed E-state index contributed by atoms with van der Waals surface area (Å²) in [6, 6.07) is 9.46. The summed E-state index contributed by atoms with van der Waals surface area (Å²) in [7, 11) is 0. The summed E-state index contributed by atoms with van der Waals surface area (Å²) < 4.78 is 11.3. The molecule has 0 spiro atoms. The Kier molecular flexibility index (Phi) is 5.12. The second-order valence-electron chi connectivity index (χ2n) is 4.27. The zero-order valence-corrected chi connectivity index (χ0v) is 12.3. The van der Waals surface area contributed by atoms with Crippen LogP contribution >= 0.6 is 11.3 Å². The van der Waals surface area contributed by atoms with Crippen LogP contribution in [0.5, 0.6) is 5.75 Å². The quantitative estimate of drug-likeness (QED) is 0.763. The Bertz CT molecular complexity index is 527. The summed E-state index contributed by atoms with van der Waals surface area (Å²) in [6.07, 6.45) is 1.28. The van der Waals surface area contributed by atoms with Crippen LogP contribution in [0.15, 0.2) is 41.9 Å². The number of nitrogens with zero attached hydrogens (tertiary/aromatic N) is 1. The SMILES string of the molecule is CCC(=O)OC(C)C(Oc1ccccc1)c1nccs1. The molecule has 2 atom stereocenters. The summed E-state index contributed by atoms with van der Waals surface area (Å²) in [5, 5.41) is 2.68. The highest BCUT2D eigenvalue weighted by atomic mass is 32.1. The Labute approximate surface area is 122 Å². The maximum Gasteiger partial charge on any atom is 0.305 e. The average molecular weight is 291 g/mol. The molecule has 4 nitrogen and oxygen atoms in total. The van der Waals surface area contributed by atoms with Crippen molar-refractivity contribution < 1.29 is 14.3 Å². The molecule has 0 amide bonds. The molecule has 5 heteroatoms. The number of esters is 1. The third kappa shape index (κ3) is 3.81. The molecule has 0 aliphatic carbocycles. The lowest BCUT2D eigenvalue weighted by Gasteiger charge is -2.23. The fraction of sp³-hybridized carbons (Fsp3) is 0.333. The van der Waals surface area contributed by atoms with Gasteiger partial charge in [0.2, 0.25) is 0 Å². The van der Waals surface area contributed by atoms with Gasteiger partial charge in [-0.05, 0) is 19.1 Å². The smallest absolute Gasteiger partial charge is 0.305 e. The third-order valence-corrected chi connectivity index (χ3v) is 3.57. The Morgan fingerprint density at radius 3 is 2.70 bits per heavy atom. The van der Waals surface area contributed by atoms with Crippen LogP contribution in [0.25, 0.3) is 0 Å². The van der Waals surface area contributed by atoms with E-state index in [2.05, 4.69) is 4.98 Å². The lowest BCUT2D eigenvalue weighted by atomic mass is 10.2. The number of hydrogen-bond donors (Lipinski definition) is 0. The van der Waals surface area contributed by atoms with Crippen LogP contribution in [-0.4, -0.2) is 17.1 Å². The van der Waals surface area contributed by atoms with Gasteiger partial charge in [-0.25, -0.2) is 4.98 Å². The monoisotopic (exact) mass is 291 g/mol. The molecule has 106 valence electrons. The number of para-hydroxylation sites is 1. The Balaban J connectivity index is 2.15. The number of hydrogen-bond acceptors (Lipinski definition) is 5. The molecule has 1 aromatic carbocycles. The van der Waals surface area contributed by atoms with Crippen LogP contribution in [0, 0.1) is 0 Å². The summed E-state index contributed by atoms with van der Waals surface area (Å²) in [6.45, 7) is 3.59. The molecule has 0 radical (unpaired) electrons. The van der Waals surface area contributed by atoms with E-state index in [4.69, 9.17) is 9.47 Å². The van der Waals surface area contributed by atoms with Crippen LogP contribution in [0.1, 0.15) is 31.4 Å². The van der Waals surface area contributed by atoms with Crippen LogP contribution in [0.3, 0.4) is 0 Å². The Morgan fingerprint density at radius 1 is 1.35 bits per heavy atom. The molecule has 0 aliphatic rings. The van der Waals surface area contributed by atoms with E-state index in [1.54, 1.807) is 13.1 Å². The first-order chi connectivity index (χ1) is 9.70. The van der Waals surface area contributed by atoms with Gasteiger partial charge in [-0.2, -0.15) is 0 Å². The Morgan fingerprint density at radius 2 is 2.10 bits per heavy atom. The number of rotatable bonds is 6. The van der Waals surface area contributed by atoms with Gasteiger partial charge in [-0.1, -0.05) is 25.1 Å². The molecule has 2 aromatic rings. The topological polar surface area (TPSA) is 48.4 Å². The zero-order valence-electron chi connectivity index (χ0n) is 11.5. The first-order valence-electron chi connectivity index (χ1n) is 6.51. The van der Waals surface area contributed by atoms with Gasteiger partial charge in [0.1, 0.15) is 16.9 Å². The predicted octanol–water partition coefficient (Wildman–Crippen LogP) is 3.60. The number of aromatic nitrogens is 1. The molecule has 0 N–H and O–H groups in total. The van der Waals surface area contributed by atoms with Gasteiger partial charge in [-0.15, -0.1) is 11.3 Å². The second kappa shape index (κ2) is 7.05. The molecule has 20 heavy (non-hydrogen) atoms. The van der Waals surface area contributed by atoms with Crippen molar-refractivity contribution in [3.63, 3.8) is 0 Å². The van der Waals surface area contributed by atoms with Crippen molar-refractivity contribution in [3.05, 3.63) is 46.9 Å². The van der Waals surface area contributed by atoms with E-state index in [0.29, 0.717) is 6.42 Å². The zero-order chi connectivity index (χ0) is 14.4. The summed E-state index contributed by atoms with van der Waals surface area (Å²) >= 11 is 1.49. The molecule has 0 saturated carbocycles. The highest BCUT2D eigenvalue weighted by Crippen LogP contribution is 2.27. The van der Waals surface area contributed by atoms with Gasteiger partial charge in [0, 0.05) is 18.0 Å². The molecular formula is C15H17NO3S. The minimum Gasteiger partial charge on any atom is -0.479 e. The molecular weight excluding hydrogens is 274 g/mol. The third-order valence-electron chi connectivity index (χ3n) is 2.73. The largest absolute Gasteiger partial charge is 0.479 e. The van der Waals surface area contributed by atoms with Gasteiger partial charge in [0.25, 0.3) is 0 Å². The van der Waals surface area contributed by atoms with E-state index in [-0.39, 0.29) is 5.97 Å². The molecule has 2 rings (SSSR count). The summed E-state index contributed by atoms with van der Waals surface area (Å²) in [5.41, 5.74) is 0. The molecule has 1 aromatic heterocycles. The van der Waals surface area contributed by atoms with Gasteiger partial charge in [0.05, 0.1) is 0 Å². The van der Waals surface area contributed by atoms with Gasteiger partial charge in [0.15, 0.2) is 6.10 Å². The standard InChI is InChI=1S/C15H17NO3S/c1-3-13(17)18-11(2)14(15-16-9-10-20-15)19-12-7-5-4-6-8-12/h4-11,14H,3H2,1-2H3. The molecule has 0 saturated heterocycles. The molecule has 0 aliphatic heterocycles. The maximum atomic E-state index is 11.5. The molecule has 0 fully saturated rings. The van der Waals surface area contributed by atoms with E-state index in [1.807, 2.05) is 42.6 Å². The van der Waals surface area contributed by atoms with Crippen molar-refractivity contribution in [3.8, 4) is 5.75 Å². The number of thiazole rings is 1. The van der Waals surface area contributed by atoms with Crippen molar-refractivity contribution in [2.24, 2.45) is 0 Å². The lowest BCUT2D eigenvalue weighted by Crippen LogP contribution is -2.26. The number of carbonyl (C=O) groups excluding carboxylic acids is 1. The van der Waals surface area contributed by atoms with Crippen LogP contribution in [0.4, 0.5) is 0 Å². The lowest BCUT2D eigenvalue weighted by molar-refractivity contribution is -0.152. The fourth-order valence-corrected chi connectivity index (χ4v) is 2.48. The minimum absolute atomic E-state index is 0.240. The van der Waals surface area contributed by atoms with Crippen molar-refractivity contribution in [1.82, 2.24) is 4.98 Å². The van der Waals surface area contributed by atoms with E-state index in [0.717, 1.165) is 10.8 Å². The average Bonchev–Trinajstić information content (AvgIpc) is 2.99. The van der Waals surface area contributed by atoms with Crippen molar-refractivity contribution in [2.75, 3.05) is 0 Å². The van der Waals surface area contributed by atoms with Gasteiger partial charge >= 0.3 is 5.97 Å². The maximum absolute atomic E-state index is 11.5. The van der Waals surface area contributed by atoms with Gasteiger partial charge < -0.3 is 9.47 Å². The van der Waals surface area contributed by atoms with Crippen molar-refractivity contribution >= 4 is 17.3 Å². The minimum atomic E-state index is -0.395. The van der Waals surface area contributed by atoms with Crippen molar-refractivity contribution in [1.29, 1.82) is 0 Å². The highest BCUT2D eigenvalue weighted by Gasteiger charge is 2.26. The van der Waals surface area contributed by atoms with E-state index < -0.39 is 12.2 Å². The molecule has 0 bridgehead atoms. The van der Waals surface area contributed by atoms with Gasteiger partial charge in [-0.3, -0.25) is 4.79 Å². The molecule has 2 unspecified atom stereocenters. The molecule has 1 heterocycles. The highest BCUT2D eigenvalue weighted by molar-refractivity contribution is 7.09. The van der Waals surface area contributed by atoms with Crippen molar-refractivity contribution in [2.45, 2.75) is 32.5 Å². The summed E-state index contributed by atoms with van der Waals surface area (Å²) in [4.78, 5) is 15.7. The van der Waals surface area contributed by atoms with Crippen LogP contribution in [0.2, 0.25) is 0 Å². The Hall–Kier alpha value is -1.88. The number of carbonyl (C=O) groups is 1.